The van der Waals surface area contributed by atoms with E-state index in [1.54, 1.807) is 0 Å². The second kappa shape index (κ2) is 3.97. The molecule has 0 heterocycles. The van der Waals surface area contributed by atoms with Gasteiger partial charge in [0.2, 0.25) is 0 Å². The smallest absolute Gasteiger partial charge is 0.0568 e. The first-order chi connectivity index (χ1) is 4.84. The molecule has 0 aromatic carbocycles. The summed E-state index contributed by atoms with van der Waals surface area (Å²) in [7, 11) is 0. The maximum atomic E-state index is 9.55. The fourth-order valence-corrected chi connectivity index (χ4v) is 1.84. The van der Waals surface area contributed by atoms with Crippen LogP contribution in [0.15, 0.2) is 0 Å². The van der Waals surface area contributed by atoms with Crippen molar-refractivity contribution in [3.8, 4) is 0 Å². The predicted octanol–water partition coefficient (Wildman–Crippen LogP) is 2.34. The van der Waals surface area contributed by atoms with Crippen LogP contribution in [0.3, 0.4) is 0 Å². The first kappa shape index (κ1) is 8.06. The highest BCUT2D eigenvalue weighted by atomic mass is 16.3. The Hall–Kier alpha value is -0.0400. The zero-order valence-corrected chi connectivity index (χ0v) is 6.84. The maximum Gasteiger partial charge on any atom is 0.0568 e. The van der Waals surface area contributed by atoms with Gasteiger partial charge in [0.1, 0.15) is 0 Å². The van der Waals surface area contributed by atoms with Crippen molar-refractivity contribution in [2.75, 3.05) is 0 Å². The molecule has 0 radical (unpaired) electrons. The quantitative estimate of drug-likeness (QED) is 0.557. The molecule has 1 heteroatoms. The van der Waals surface area contributed by atoms with Crippen molar-refractivity contribution in [1.29, 1.82) is 0 Å². The van der Waals surface area contributed by atoms with E-state index in [1.165, 1.54) is 25.7 Å². The molecule has 0 saturated heterocycles. The first-order valence-electron chi connectivity index (χ1n) is 4.52. The third-order valence-electron chi connectivity index (χ3n) is 2.64. The highest BCUT2D eigenvalue weighted by molar-refractivity contribution is 4.71. The molecule has 1 saturated carbocycles. The van der Waals surface area contributed by atoms with Crippen molar-refractivity contribution >= 4 is 0 Å². The summed E-state index contributed by atoms with van der Waals surface area (Å²) in [4.78, 5) is 0. The highest BCUT2D eigenvalue weighted by Gasteiger charge is 2.18. The monoisotopic (exact) mass is 142 g/mol. The van der Waals surface area contributed by atoms with E-state index in [0.717, 1.165) is 12.8 Å². The molecule has 0 aliphatic heterocycles. The molecule has 1 rings (SSSR count). The Labute approximate surface area is 63.4 Å². The number of hydrogen-bond acceptors (Lipinski definition) is 1. The molecule has 1 aliphatic rings. The molecule has 0 aromatic rings. The second-order valence-corrected chi connectivity index (χ2v) is 3.37. The lowest BCUT2D eigenvalue weighted by molar-refractivity contribution is 0.0985. The minimum Gasteiger partial charge on any atom is -0.393 e. The molecule has 2 atom stereocenters. The van der Waals surface area contributed by atoms with Crippen LogP contribution in [-0.4, -0.2) is 11.2 Å². The van der Waals surface area contributed by atoms with E-state index in [1.807, 2.05) is 0 Å². The number of rotatable bonds is 1. The van der Waals surface area contributed by atoms with Crippen molar-refractivity contribution in [1.82, 2.24) is 0 Å². The van der Waals surface area contributed by atoms with Gasteiger partial charge in [0.25, 0.3) is 0 Å². The summed E-state index contributed by atoms with van der Waals surface area (Å²) in [5.41, 5.74) is 0. The van der Waals surface area contributed by atoms with Crippen LogP contribution in [0.5, 0.6) is 0 Å². The second-order valence-electron chi connectivity index (χ2n) is 3.37. The van der Waals surface area contributed by atoms with Gasteiger partial charge in [0.15, 0.2) is 0 Å². The molecule has 0 amide bonds. The summed E-state index contributed by atoms with van der Waals surface area (Å²) in [5.74, 6) is 0.600. The molecule has 10 heavy (non-hydrogen) atoms. The molecule has 1 aliphatic carbocycles. The molecule has 60 valence electrons. The van der Waals surface area contributed by atoms with E-state index < -0.39 is 0 Å². The van der Waals surface area contributed by atoms with Gasteiger partial charge in [-0.25, -0.2) is 0 Å². The summed E-state index contributed by atoms with van der Waals surface area (Å²) in [6.45, 7) is 2.18. The first-order valence-corrected chi connectivity index (χ1v) is 4.52. The third kappa shape index (κ3) is 1.98. The Kier molecular flexibility index (Phi) is 3.20. The predicted molar refractivity (Wildman–Crippen MR) is 42.9 cm³/mol. The van der Waals surface area contributed by atoms with E-state index in [4.69, 9.17) is 0 Å². The van der Waals surface area contributed by atoms with E-state index in [9.17, 15) is 5.11 Å². The average molecular weight is 142 g/mol. The van der Waals surface area contributed by atoms with Crippen LogP contribution < -0.4 is 0 Å². The minimum atomic E-state index is 0.00694. The molecular formula is C9H18O. The van der Waals surface area contributed by atoms with Crippen LogP contribution in [-0.2, 0) is 0 Å². The molecule has 1 nitrogen and oxygen atoms in total. The normalized spacial score (nSPS) is 35.4. The van der Waals surface area contributed by atoms with Gasteiger partial charge in [-0.1, -0.05) is 32.6 Å². The lowest BCUT2D eigenvalue weighted by Gasteiger charge is -2.17. The Bertz CT molecular complexity index is 90.7. The van der Waals surface area contributed by atoms with Crippen molar-refractivity contribution in [3.63, 3.8) is 0 Å². The standard InChI is InChI=1S/C9H18O/c1-2-8-6-4-3-5-7-9(8)10/h8-10H,2-7H2,1H3. The summed E-state index contributed by atoms with van der Waals surface area (Å²) >= 11 is 0. The molecular weight excluding hydrogens is 124 g/mol. The molecule has 1 fully saturated rings. The van der Waals surface area contributed by atoms with Crippen molar-refractivity contribution < 1.29 is 5.11 Å². The van der Waals surface area contributed by atoms with E-state index >= 15 is 0 Å². The molecule has 0 spiro atoms. The van der Waals surface area contributed by atoms with Gasteiger partial charge in [-0.05, 0) is 18.8 Å². The van der Waals surface area contributed by atoms with Gasteiger partial charge in [0.05, 0.1) is 6.10 Å². The van der Waals surface area contributed by atoms with Crippen LogP contribution in [0.2, 0.25) is 0 Å². The fourth-order valence-electron chi connectivity index (χ4n) is 1.84. The molecule has 0 bridgehead atoms. The summed E-state index contributed by atoms with van der Waals surface area (Å²) in [6, 6.07) is 0. The van der Waals surface area contributed by atoms with Crippen LogP contribution in [0.25, 0.3) is 0 Å². The van der Waals surface area contributed by atoms with E-state index in [0.29, 0.717) is 5.92 Å². The van der Waals surface area contributed by atoms with Gasteiger partial charge in [-0.2, -0.15) is 0 Å². The Morgan fingerprint density at radius 2 is 1.90 bits per heavy atom. The van der Waals surface area contributed by atoms with Gasteiger partial charge in [-0.15, -0.1) is 0 Å². The van der Waals surface area contributed by atoms with Crippen LogP contribution in [0, 0.1) is 5.92 Å². The number of aliphatic hydroxyl groups excluding tert-OH is 1. The van der Waals surface area contributed by atoms with Gasteiger partial charge in [-0.3, -0.25) is 0 Å². The number of aliphatic hydroxyl groups is 1. The summed E-state index contributed by atoms with van der Waals surface area (Å²) in [5, 5.41) is 9.55. The van der Waals surface area contributed by atoms with Crippen molar-refractivity contribution in [2.24, 2.45) is 5.92 Å². The number of hydrogen-bond donors (Lipinski definition) is 1. The van der Waals surface area contributed by atoms with Crippen LogP contribution in [0.1, 0.15) is 45.4 Å². The third-order valence-corrected chi connectivity index (χ3v) is 2.64. The molecule has 2 unspecified atom stereocenters. The fraction of sp³-hybridized carbons (Fsp3) is 1.00. The summed E-state index contributed by atoms with van der Waals surface area (Å²) in [6.07, 6.45) is 7.34. The Balaban J connectivity index is 2.35. The van der Waals surface area contributed by atoms with E-state index in [-0.39, 0.29) is 6.10 Å². The topological polar surface area (TPSA) is 20.2 Å². The zero-order chi connectivity index (χ0) is 7.40. The minimum absolute atomic E-state index is 0.00694. The van der Waals surface area contributed by atoms with Crippen molar-refractivity contribution in [3.05, 3.63) is 0 Å². The largest absolute Gasteiger partial charge is 0.393 e. The Morgan fingerprint density at radius 3 is 2.60 bits per heavy atom. The van der Waals surface area contributed by atoms with Crippen molar-refractivity contribution in [2.45, 2.75) is 51.6 Å². The maximum absolute atomic E-state index is 9.55. The lowest BCUT2D eigenvalue weighted by Crippen LogP contribution is -2.17. The molecule has 0 aromatic heterocycles. The Morgan fingerprint density at radius 1 is 1.20 bits per heavy atom. The van der Waals surface area contributed by atoms with Gasteiger partial charge < -0.3 is 5.11 Å². The highest BCUT2D eigenvalue weighted by Crippen LogP contribution is 2.25. The lowest BCUT2D eigenvalue weighted by atomic mass is 9.95. The molecule has 1 N–H and O–H groups in total. The van der Waals surface area contributed by atoms with Crippen LogP contribution >= 0.6 is 0 Å². The summed E-state index contributed by atoms with van der Waals surface area (Å²) < 4.78 is 0. The van der Waals surface area contributed by atoms with Crippen LogP contribution in [0.4, 0.5) is 0 Å². The van der Waals surface area contributed by atoms with Gasteiger partial charge in [0, 0.05) is 0 Å². The van der Waals surface area contributed by atoms with E-state index in [2.05, 4.69) is 6.92 Å². The average Bonchev–Trinajstić information content (AvgIpc) is 2.13. The van der Waals surface area contributed by atoms with Gasteiger partial charge >= 0.3 is 0 Å². The SMILES string of the molecule is CCC1CCCCCC1O. The zero-order valence-electron chi connectivity index (χ0n) is 6.84.